The van der Waals surface area contributed by atoms with Crippen molar-refractivity contribution in [2.75, 3.05) is 26.2 Å². The standard InChI is InChI=1S/C12H15N2O3S2.C4H5F3O/c1-17-19(15,16)8-7-14-9-12(18-2)10-5-3-4-6-11(10)13-14;1-3(8-2)4(5,6)7/h3-6,9H,7-8H2,1-2H3;1H2,2H3/q+1;. The Morgan fingerprint density at radius 1 is 1.30 bits per heavy atom. The number of halogens is 3. The Bertz CT molecular complexity index is 887. The molecule has 0 aliphatic heterocycles. The van der Waals surface area contributed by atoms with E-state index >= 15 is 0 Å². The maximum atomic E-state index is 11.3. The zero-order chi connectivity index (χ0) is 20.7. The lowest BCUT2D eigenvalue weighted by molar-refractivity contribution is -0.749. The van der Waals surface area contributed by atoms with Crippen LogP contribution in [0.2, 0.25) is 0 Å². The Morgan fingerprint density at radius 2 is 1.93 bits per heavy atom. The Labute approximate surface area is 160 Å². The van der Waals surface area contributed by atoms with Gasteiger partial charge in [0.2, 0.25) is 6.20 Å². The molecule has 0 atom stereocenters. The van der Waals surface area contributed by atoms with Gasteiger partial charge >= 0.3 is 6.18 Å². The van der Waals surface area contributed by atoms with Crippen molar-refractivity contribution in [3.05, 3.63) is 42.8 Å². The highest BCUT2D eigenvalue weighted by molar-refractivity contribution is 7.98. The van der Waals surface area contributed by atoms with Crippen LogP contribution in [0.4, 0.5) is 13.2 Å². The lowest BCUT2D eigenvalue weighted by Crippen LogP contribution is -2.41. The first-order valence-corrected chi connectivity index (χ1v) is 10.3. The molecule has 0 aliphatic rings. The summed E-state index contributed by atoms with van der Waals surface area (Å²) in [5.41, 5.74) is 0.851. The van der Waals surface area contributed by atoms with Crippen LogP contribution in [0, 0.1) is 0 Å². The van der Waals surface area contributed by atoms with Crippen LogP contribution < -0.4 is 4.68 Å². The number of nitrogens with zero attached hydrogens (tertiary/aromatic N) is 2. The van der Waals surface area contributed by atoms with E-state index in [1.807, 2.05) is 36.7 Å². The minimum absolute atomic E-state index is 0.0900. The summed E-state index contributed by atoms with van der Waals surface area (Å²) in [6, 6.07) is 7.79. The minimum atomic E-state index is -4.41. The molecule has 1 heterocycles. The second-order valence-corrected chi connectivity index (χ2v) is 7.74. The predicted molar refractivity (Wildman–Crippen MR) is 96.7 cm³/mol. The molecule has 2 rings (SSSR count). The van der Waals surface area contributed by atoms with Crippen molar-refractivity contribution in [1.82, 2.24) is 5.10 Å². The van der Waals surface area contributed by atoms with E-state index in [1.54, 1.807) is 16.4 Å². The van der Waals surface area contributed by atoms with Gasteiger partial charge in [-0.05, 0) is 12.3 Å². The summed E-state index contributed by atoms with van der Waals surface area (Å²) in [6.45, 7) is 2.87. The number of ether oxygens (including phenoxy) is 1. The van der Waals surface area contributed by atoms with Crippen molar-refractivity contribution in [3.8, 4) is 0 Å². The third kappa shape index (κ3) is 7.35. The van der Waals surface area contributed by atoms with Crippen LogP contribution in [0.3, 0.4) is 0 Å². The molecule has 6 nitrogen and oxygen atoms in total. The molecular formula is C16H20F3N2O4S2+. The average molecular weight is 425 g/mol. The number of hydrogen-bond donors (Lipinski definition) is 0. The third-order valence-corrected chi connectivity index (χ3v) is 5.23. The van der Waals surface area contributed by atoms with E-state index in [2.05, 4.69) is 20.6 Å². The summed E-state index contributed by atoms with van der Waals surface area (Å²) in [5.74, 6) is -1.26. The van der Waals surface area contributed by atoms with Crippen LogP contribution in [0.25, 0.3) is 10.9 Å². The number of allylic oxidation sites excluding steroid dienone is 1. The summed E-state index contributed by atoms with van der Waals surface area (Å²) < 4.78 is 66.2. The van der Waals surface area contributed by atoms with Gasteiger partial charge < -0.3 is 4.74 Å². The average Bonchev–Trinajstić information content (AvgIpc) is 2.64. The predicted octanol–water partition coefficient (Wildman–Crippen LogP) is 2.93. The van der Waals surface area contributed by atoms with Gasteiger partial charge in [-0.1, -0.05) is 29.5 Å². The molecule has 2 aromatic rings. The number of rotatable bonds is 6. The van der Waals surface area contributed by atoms with Crippen molar-refractivity contribution < 1.29 is 35.2 Å². The SMILES string of the molecule is C=C(OC)C(F)(F)F.COS(=O)(=O)CC[n+]1cc(SC)c2ccccc2n1. The van der Waals surface area contributed by atoms with Crippen LogP contribution in [0.1, 0.15) is 0 Å². The van der Waals surface area contributed by atoms with Crippen LogP contribution in [-0.4, -0.2) is 45.9 Å². The van der Waals surface area contributed by atoms with Gasteiger partial charge in [-0.25, -0.2) is 0 Å². The lowest BCUT2D eigenvalue weighted by atomic mass is 10.2. The summed E-state index contributed by atoms with van der Waals surface area (Å²) in [7, 11) is -1.36. The summed E-state index contributed by atoms with van der Waals surface area (Å²) in [6.07, 6.45) is -0.565. The molecule has 0 saturated heterocycles. The highest BCUT2D eigenvalue weighted by atomic mass is 32.2. The zero-order valence-corrected chi connectivity index (χ0v) is 16.6. The molecule has 0 radical (unpaired) electrons. The molecule has 0 spiro atoms. The van der Waals surface area contributed by atoms with Crippen LogP contribution in [0.15, 0.2) is 47.7 Å². The van der Waals surface area contributed by atoms with E-state index in [0.717, 1.165) is 22.9 Å². The van der Waals surface area contributed by atoms with Crippen molar-refractivity contribution in [1.29, 1.82) is 0 Å². The van der Waals surface area contributed by atoms with Crippen LogP contribution >= 0.6 is 11.8 Å². The molecular weight excluding hydrogens is 405 g/mol. The minimum Gasteiger partial charge on any atom is -0.493 e. The van der Waals surface area contributed by atoms with Crippen molar-refractivity contribution in [2.45, 2.75) is 17.6 Å². The highest BCUT2D eigenvalue weighted by Gasteiger charge is 2.33. The van der Waals surface area contributed by atoms with Gasteiger partial charge in [-0.2, -0.15) is 21.6 Å². The first-order valence-electron chi connectivity index (χ1n) is 7.46. The molecule has 1 aromatic heterocycles. The maximum Gasteiger partial charge on any atom is 0.448 e. The van der Waals surface area contributed by atoms with E-state index in [-0.39, 0.29) is 12.3 Å². The molecule has 1 aromatic carbocycles. The van der Waals surface area contributed by atoms with Crippen molar-refractivity contribution in [2.24, 2.45) is 0 Å². The fraction of sp³-hybridized carbons (Fsp3) is 0.375. The van der Waals surface area contributed by atoms with E-state index < -0.39 is 22.1 Å². The number of aryl methyl sites for hydroxylation is 1. The Hall–Kier alpha value is -1.85. The normalized spacial score (nSPS) is 11.6. The first kappa shape index (κ1) is 23.2. The lowest BCUT2D eigenvalue weighted by Gasteiger charge is -2.06. The molecule has 0 aliphatic carbocycles. The largest absolute Gasteiger partial charge is 0.493 e. The molecule has 0 amide bonds. The third-order valence-electron chi connectivity index (χ3n) is 3.28. The topological polar surface area (TPSA) is 69.4 Å². The number of benzene rings is 1. The molecule has 27 heavy (non-hydrogen) atoms. The number of thioether (sulfide) groups is 1. The van der Waals surface area contributed by atoms with Crippen LogP contribution in [-0.2, 0) is 25.6 Å². The van der Waals surface area contributed by atoms with Gasteiger partial charge in [-0.15, -0.1) is 11.8 Å². The van der Waals surface area contributed by atoms with Crippen molar-refractivity contribution >= 4 is 32.8 Å². The highest BCUT2D eigenvalue weighted by Crippen LogP contribution is 2.23. The Morgan fingerprint density at radius 3 is 2.41 bits per heavy atom. The monoisotopic (exact) mass is 425 g/mol. The Balaban J connectivity index is 0.000000387. The molecule has 0 bridgehead atoms. The molecule has 150 valence electrons. The second-order valence-electron chi connectivity index (χ2n) is 5.03. The number of fused-ring (bicyclic) bond motifs is 1. The molecule has 0 saturated carbocycles. The zero-order valence-electron chi connectivity index (χ0n) is 15.0. The van der Waals surface area contributed by atoms with Crippen molar-refractivity contribution in [3.63, 3.8) is 0 Å². The van der Waals surface area contributed by atoms with Gasteiger partial charge in [0.25, 0.3) is 10.1 Å². The van der Waals surface area contributed by atoms with Gasteiger partial charge in [0.1, 0.15) is 11.3 Å². The Kier molecular flexibility index (Phi) is 8.51. The molecule has 0 N–H and O–H groups in total. The maximum absolute atomic E-state index is 11.3. The molecule has 11 heteroatoms. The number of aromatic nitrogens is 2. The van der Waals surface area contributed by atoms with Gasteiger partial charge in [0.15, 0.2) is 12.3 Å². The quantitative estimate of drug-likeness (QED) is 0.307. The van der Waals surface area contributed by atoms with Gasteiger partial charge in [-0.3, -0.25) is 4.18 Å². The number of hydrogen-bond acceptors (Lipinski definition) is 6. The number of methoxy groups -OCH3 is 1. The van der Waals surface area contributed by atoms with E-state index in [9.17, 15) is 21.6 Å². The molecule has 0 fully saturated rings. The van der Waals surface area contributed by atoms with Gasteiger partial charge in [0, 0.05) is 10.5 Å². The second kappa shape index (κ2) is 9.90. The van der Waals surface area contributed by atoms with E-state index in [4.69, 9.17) is 0 Å². The van der Waals surface area contributed by atoms with E-state index in [1.165, 1.54) is 7.11 Å². The van der Waals surface area contributed by atoms with Gasteiger partial charge in [0.05, 0.1) is 19.1 Å². The first-order chi connectivity index (χ1) is 12.5. The molecule has 0 unspecified atom stereocenters. The summed E-state index contributed by atoms with van der Waals surface area (Å²) >= 11 is 1.61. The number of alkyl halides is 3. The van der Waals surface area contributed by atoms with Crippen LogP contribution in [0.5, 0.6) is 0 Å². The summed E-state index contributed by atoms with van der Waals surface area (Å²) in [4.78, 5) is 1.07. The summed E-state index contributed by atoms with van der Waals surface area (Å²) in [5, 5.41) is 5.47. The fourth-order valence-corrected chi connectivity index (χ4v) is 3.02. The smallest absolute Gasteiger partial charge is 0.448 e. The van der Waals surface area contributed by atoms with E-state index in [0.29, 0.717) is 0 Å². The fourth-order valence-electron chi connectivity index (χ4n) is 1.82.